The molecule has 4 nitrogen and oxygen atoms in total. The maximum absolute atomic E-state index is 12.5. The molecule has 1 aromatic carbocycles. The van der Waals surface area contributed by atoms with E-state index < -0.39 is 0 Å². The SMILES string of the molecule is CCCC1([C@@H](O)c2ccc([C@H]3CCC(=O)[C@@H]3CC=CCCCC(=O)OC)cc2)CCC1. The second kappa shape index (κ2) is 11.1. The van der Waals surface area contributed by atoms with E-state index in [1.165, 1.54) is 19.1 Å². The van der Waals surface area contributed by atoms with Gasteiger partial charge in [0.1, 0.15) is 5.78 Å². The molecule has 1 aromatic rings. The Kier molecular flexibility index (Phi) is 8.48. The van der Waals surface area contributed by atoms with Gasteiger partial charge in [0.05, 0.1) is 13.2 Å². The molecule has 2 aliphatic rings. The number of methoxy groups -OCH3 is 1. The molecule has 0 bridgehead atoms. The van der Waals surface area contributed by atoms with E-state index in [1.807, 2.05) is 0 Å². The molecule has 0 heterocycles. The van der Waals surface area contributed by atoms with Gasteiger partial charge in [0.15, 0.2) is 0 Å². The lowest BCUT2D eigenvalue weighted by Crippen LogP contribution is -2.36. The average Bonchev–Trinajstić information content (AvgIpc) is 3.12. The fourth-order valence-electron chi connectivity index (χ4n) is 5.50. The van der Waals surface area contributed by atoms with Gasteiger partial charge in [-0.1, -0.05) is 56.2 Å². The van der Waals surface area contributed by atoms with E-state index in [0.29, 0.717) is 18.6 Å². The Balaban J connectivity index is 1.58. The van der Waals surface area contributed by atoms with Crippen LogP contribution in [-0.2, 0) is 14.3 Å². The predicted octanol–water partition coefficient (Wildman–Crippen LogP) is 6.04. The van der Waals surface area contributed by atoms with Crippen LogP contribution >= 0.6 is 0 Å². The summed E-state index contributed by atoms with van der Waals surface area (Å²) in [5.41, 5.74) is 2.30. The molecule has 0 aliphatic heterocycles. The molecule has 3 rings (SSSR count). The number of ketones is 1. The maximum Gasteiger partial charge on any atom is 0.305 e. The van der Waals surface area contributed by atoms with E-state index in [4.69, 9.17) is 0 Å². The monoisotopic (exact) mass is 426 g/mol. The largest absolute Gasteiger partial charge is 0.469 e. The number of benzene rings is 1. The van der Waals surface area contributed by atoms with E-state index >= 15 is 0 Å². The van der Waals surface area contributed by atoms with Gasteiger partial charge in [-0.2, -0.15) is 0 Å². The number of esters is 1. The number of ether oxygens (including phenoxy) is 1. The van der Waals surface area contributed by atoms with Crippen molar-refractivity contribution >= 4 is 11.8 Å². The molecule has 2 fully saturated rings. The number of aliphatic hydroxyl groups is 1. The number of Topliss-reactive ketones (excluding diaryl/α,β-unsaturated/α-hetero) is 1. The number of hydrogen-bond donors (Lipinski definition) is 1. The van der Waals surface area contributed by atoms with Crippen molar-refractivity contribution in [2.24, 2.45) is 11.3 Å². The van der Waals surface area contributed by atoms with Gasteiger partial charge in [0, 0.05) is 24.2 Å². The van der Waals surface area contributed by atoms with Crippen LogP contribution in [0.5, 0.6) is 0 Å². The Morgan fingerprint density at radius 2 is 2.00 bits per heavy atom. The van der Waals surface area contributed by atoms with Gasteiger partial charge in [0.2, 0.25) is 0 Å². The smallest absolute Gasteiger partial charge is 0.305 e. The highest BCUT2D eigenvalue weighted by molar-refractivity contribution is 5.84. The lowest BCUT2D eigenvalue weighted by Gasteiger charge is -2.46. The van der Waals surface area contributed by atoms with Crippen LogP contribution in [0.15, 0.2) is 36.4 Å². The summed E-state index contributed by atoms with van der Waals surface area (Å²) in [5, 5.41) is 11.0. The first-order valence-corrected chi connectivity index (χ1v) is 12.0. The highest BCUT2D eigenvalue weighted by Gasteiger charge is 2.43. The van der Waals surface area contributed by atoms with Gasteiger partial charge in [0.25, 0.3) is 0 Å². The van der Waals surface area contributed by atoms with Gasteiger partial charge in [-0.05, 0) is 62.0 Å². The molecule has 0 unspecified atom stereocenters. The first-order valence-electron chi connectivity index (χ1n) is 12.0. The lowest BCUT2D eigenvalue weighted by molar-refractivity contribution is -0.140. The summed E-state index contributed by atoms with van der Waals surface area (Å²) in [6, 6.07) is 8.43. The molecule has 2 aliphatic carbocycles. The van der Waals surface area contributed by atoms with E-state index in [2.05, 4.69) is 48.1 Å². The molecule has 2 saturated carbocycles. The van der Waals surface area contributed by atoms with Gasteiger partial charge in [-0.25, -0.2) is 0 Å². The molecule has 3 atom stereocenters. The fraction of sp³-hybridized carbons (Fsp3) is 0.630. The predicted molar refractivity (Wildman–Crippen MR) is 123 cm³/mol. The van der Waals surface area contributed by atoms with Crippen LogP contribution in [0, 0.1) is 11.3 Å². The summed E-state index contributed by atoms with van der Waals surface area (Å²) in [6.45, 7) is 2.20. The maximum atomic E-state index is 12.5. The third-order valence-corrected chi connectivity index (χ3v) is 7.49. The molecule has 31 heavy (non-hydrogen) atoms. The lowest BCUT2D eigenvalue weighted by atomic mass is 9.61. The van der Waals surface area contributed by atoms with Crippen LogP contribution in [0.4, 0.5) is 0 Å². The normalized spacial score (nSPS) is 23.6. The Bertz CT molecular complexity index is 760. The fourth-order valence-corrected chi connectivity index (χ4v) is 5.50. The van der Waals surface area contributed by atoms with Crippen molar-refractivity contribution in [2.45, 2.75) is 89.6 Å². The van der Waals surface area contributed by atoms with Crippen LogP contribution < -0.4 is 0 Å². The summed E-state index contributed by atoms with van der Waals surface area (Å²) in [7, 11) is 1.41. The Morgan fingerprint density at radius 1 is 1.26 bits per heavy atom. The van der Waals surface area contributed by atoms with Gasteiger partial charge in [-0.3, -0.25) is 9.59 Å². The van der Waals surface area contributed by atoms with Crippen LogP contribution in [-0.4, -0.2) is 24.0 Å². The second-order valence-corrected chi connectivity index (χ2v) is 9.43. The average molecular weight is 427 g/mol. The second-order valence-electron chi connectivity index (χ2n) is 9.43. The van der Waals surface area contributed by atoms with Crippen LogP contribution in [0.3, 0.4) is 0 Å². The summed E-state index contributed by atoms with van der Waals surface area (Å²) in [5.74, 6) is 0.466. The summed E-state index contributed by atoms with van der Waals surface area (Å²) < 4.78 is 4.66. The summed E-state index contributed by atoms with van der Waals surface area (Å²) in [4.78, 5) is 23.7. The standard InChI is InChI=1S/C27H38O4/c1-3-17-27(18-8-19-27)26(30)21-13-11-20(12-14-21)22-15-16-24(28)23(22)9-6-4-5-7-10-25(29)31-2/h4,6,11-14,22-23,26,30H,3,5,7-10,15-19H2,1-2H3/t22-,23-,26+/m1/s1. The topological polar surface area (TPSA) is 63.6 Å². The van der Waals surface area contributed by atoms with Crippen LogP contribution in [0.2, 0.25) is 0 Å². The number of allylic oxidation sites excluding steroid dienone is 2. The summed E-state index contributed by atoms with van der Waals surface area (Å²) >= 11 is 0. The molecular weight excluding hydrogens is 388 g/mol. The number of unbranched alkanes of at least 4 members (excludes halogenated alkanes) is 1. The summed E-state index contributed by atoms with van der Waals surface area (Å²) in [6.07, 6.45) is 13.8. The zero-order valence-corrected chi connectivity index (χ0v) is 19.1. The van der Waals surface area contributed by atoms with Crippen molar-refractivity contribution in [3.63, 3.8) is 0 Å². The van der Waals surface area contributed by atoms with E-state index in [0.717, 1.165) is 56.9 Å². The van der Waals surface area contributed by atoms with Gasteiger partial charge < -0.3 is 9.84 Å². The number of carbonyl (C=O) groups excluding carboxylic acids is 2. The number of rotatable bonds is 11. The Labute approximate surface area is 187 Å². The van der Waals surface area contributed by atoms with E-state index in [-0.39, 0.29) is 29.3 Å². The molecule has 4 heteroatoms. The number of carbonyl (C=O) groups is 2. The molecule has 0 amide bonds. The third-order valence-electron chi connectivity index (χ3n) is 7.49. The van der Waals surface area contributed by atoms with Crippen molar-refractivity contribution in [2.75, 3.05) is 7.11 Å². The molecule has 0 saturated heterocycles. The molecular formula is C27H38O4. The quantitative estimate of drug-likeness (QED) is 0.266. The number of hydrogen-bond acceptors (Lipinski definition) is 4. The van der Waals surface area contributed by atoms with Gasteiger partial charge in [-0.15, -0.1) is 0 Å². The Morgan fingerprint density at radius 3 is 2.61 bits per heavy atom. The van der Waals surface area contributed by atoms with Crippen molar-refractivity contribution < 1.29 is 19.4 Å². The van der Waals surface area contributed by atoms with Crippen molar-refractivity contribution in [1.29, 1.82) is 0 Å². The molecule has 0 aromatic heterocycles. The minimum atomic E-state index is -0.385. The van der Waals surface area contributed by atoms with Crippen LogP contribution in [0.1, 0.15) is 101 Å². The molecule has 170 valence electrons. The molecule has 0 spiro atoms. The van der Waals surface area contributed by atoms with Crippen LogP contribution in [0.25, 0.3) is 0 Å². The van der Waals surface area contributed by atoms with Crippen molar-refractivity contribution in [1.82, 2.24) is 0 Å². The minimum absolute atomic E-state index is 0.0331. The highest BCUT2D eigenvalue weighted by Crippen LogP contribution is 2.53. The zero-order chi connectivity index (χ0) is 22.3. The highest BCUT2D eigenvalue weighted by atomic mass is 16.5. The van der Waals surface area contributed by atoms with Crippen molar-refractivity contribution in [3.05, 3.63) is 47.5 Å². The number of aliphatic hydroxyl groups excluding tert-OH is 1. The van der Waals surface area contributed by atoms with Gasteiger partial charge >= 0.3 is 5.97 Å². The van der Waals surface area contributed by atoms with E-state index in [9.17, 15) is 14.7 Å². The Hall–Kier alpha value is -1.94. The third kappa shape index (κ3) is 5.65. The van der Waals surface area contributed by atoms with E-state index in [1.54, 1.807) is 0 Å². The zero-order valence-electron chi connectivity index (χ0n) is 19.1. The molecule has 1 N–H and O–H groups in total. The molecule has 0 radical (unpaired) electrons. The van der Waals surface area contributed by atoms with Crippen molar-refractivity contribution in [3.8, 4) is 0 Å². The first-order chi connectivity index (χ1) is 15.0. The first kappa shape index (κ1) is 23.7. The minimum Gasteiger partial charge on any atom is -0.469 e.